The summed E-state index contributed by atoms with van der Waals surface area (Å²) in [6.45, 7) is 2.96. The number of imide groups is 1. The molecule has 5 aromatic carbocycles. The maximum Gasteiger partial charge on any atom is 0.261 e. The first-order chi connectivity index (χ1) is 23.4. The summed E-state index contributed by atoms with van der Waals surface area (Å²) >= 11 is 0. The van der Waals surface area contributed by atoms with Gasteiger partial charge in [-0.2, -0.15) is 0 Å². The van der Waals surface area contributed by atoms with E-state index in [1.54, 1.807) is 53.4 Å². The quantitative estimate of drug-likeness (QED) is 0.215. The molecule has 1 fully saturated rings. The summed E-state index contributed by atoms with van der Waals surface area (Å²) < 4.78 is 0. The molecule has 0 saturated carbocycles. The van der Waals surface area contributed by atoms with Gasteiger partial charge in [-0.15, -0.1) is 0 Å². The van der Waals surface area contributed by atoms with Crippen LogP contribution in [0, 0.1) is 6.92 Å². The molecule has 3 aliphatic rings. The number of para-hydroxylation sites is 2. The third kappa shape index (κ3) is 4.93. The van der Waals surface area contributed by atoms with E-state index >= 15 is 0 Å². The van der Waals surface area contributed by atoms with Crippen LogP contribution in [0.2, 0.25) is 0 Å². The summed E-state index contributed by atoms with van der Waals surface area (Å²) in [6.07, 6.45) is 0.568. The van der Waals surface area contributed by atoms with E-state index in [9.17, 15) is 19.2 Å². The Morgan fingerprint density at radius 3 is 1.94 bits per heavy atom. The molecule has 2 atom stereocenters. The summed E-state index contributed by atoms with van der Waals surface area (Å²) in [5.74, 6) is -0.905. The SMILES string of the molecule is Cc1ccc(-c2ccccc2C(=O)Nc2ccc(C(=O)N3C[C@H]4C[C@H](N5C(=O)c6ccccc6C5=O)CN4c4ccccc43)cc2)cc1. The van der Waals surface area contributed by atoms with Crippen molar-refractivity contribution in [1.82, 2.24) is 4.90 Å². The lowest BCUT2D eigenvalue weighted by Crippen LogP contribution is -2.48. The van der Waals surface area contributed by atoms with Gasteiger partial charge >= 0.3 is 0 Å². The van der Waals surface area contributed by atoms with Gasteiger partial charge in [0.1, 0.15) is 0 Å². The van der Waals surface area contributed by atoms with Crippen LogP contribution in [0.5, 0.6) is 0 Å². The topological polar surface area (TPSA) is 90.0 Å². The molecule has 48 heavy (non-hydrogen) atoms. The molecule has 0 aliphatic carbocycles. The van der Waals surface area contributed by atoms with Crippen molar-refractivity contribution >= 4 is 40.7 Å². The van der Waals surface area contributed by atoms with Crippen molar-refractivity contribution in [3.8, 4) is 11.1 Å². The molecule has 0 bridgehead atoms. The first-order valence-electron chi connectivity index (χ1n) is 16.1. The Labute approximate surface area is 278 Å². The number of carbonyl (C=O) groups excluding carboxylic acids is 4. The highest BCUT2D eigenvalue weighted by Gasteiger charge is 2.47. The molecule has 1 saturated heterocycles. The Bertz CT molecular complexity index is 2070. The lowest BCUT2D eigenvalue weighted by Gasteiger charge is -2.40. The average molecular weight is 633 g/mol. The Kier molecular flexibility index (Phi) is 7.13. The van der Waals surface area contributed by atoms with Crippen molar-refractivity contribution in [3.63, 3.8) is 0 Å². The lowest BCUT2D eigenvalue weighted by atomic mass is 9.98. The van der Waals surface area contributed by atoms with E-state index in [4.69, 9.17) is 0 Å². The van der Waals surface area contributed by atoms with Gasteiger partial charge in [0.15, 0.2) is 0 Å². The minimum Gasteiger partial charge on any atom is -0.363 e. The second-order valence-electron chi connectivity index (χ2n) is 12.6. The lowest BCUT2D eigenvalue weighted by molar-refractivity contribution is 0.0595. The van der Waals surface area contributed by atoms with Crippen LogP contribution in [-0.4, -0.2) is 53.7 Å². The van der Waals surface area contributed by atoms with E-state index in [-0.39, 0.29) is 35.7 Å². The molecule has 1 N–H and O–H groups in total. The maximum atomic E-state index is 14.0. The number of hydrogen-bond acceptors (Lipinski definition) is 5. The summed E-state index contributed by atoms with van der Waals surface area (Å²) in [6, 6.07) is 36.9. The van der Waals surface area contributed by atoms with E-state index in [1.807, 2.05) is 79.7 Å². The standard InChI is InChI=1S/C40H32N4O4/c1-25-14-16-26(17-15-25)31-8-2-3-9-32(31)37(45)41-28-20-18-27(19-21-28)38(46)43-23-29-22-30(24-42(29)35-12-6-7-13-36(35)43)44-39(47)33-10-4-5-11-34(33)40(44)48/h2-21,29-30H,22-24H2,1H3,(H,41,45)/t29-,30+/m1/s1. The van der Waals surface area contributed by atoms with Crippen LogP contribution in [-0.2, 0) is 0 Å². The Morgan fingerprint density at radius 1 is 0.646 bits per heavy atom. The molecular weight excluding hydrogens is 600 g/mol. The van der Waals surface area contributed by atoms with Crippen LogP contribution in [0.4, 0.5) is 17.1 Å². The average Bonchev–Trinajstić information content (AvgIpc) is 3.66. The number of hydrogen-bond donors (Lipinski definition) is 1. The molecule has 8 heteroatoms. The van der Waals surface area contributed by atoms with Crippen LogP contribution in [0.1, 0.15) is 53.4 Å². The van der Waals surface area contributed by atoms with E-state index in [0.717, 1.165) is 28.1 Å². The number of nitrogens with zero attached hydrogens (tertiary/aromatic N) is 3. The normalized spacial score (nSPS) is 18.0. The summed E-state index contributed by atoms with van der Waals surface area (Å²) in [5.41, 5.74) is 7.16. The van der Waals surface area contributed by atoms with Crippen LogP contribution in [0.15, 0.2) is 121 Å². The maximum absolute atomic E-state index is 14.0. The summed E-state index contributed by atoms with van der Waals surface area (Å²) in [7, 11) is 0. The number of fused-ring (bicyclic) bond motifs is 4. The molecule has 4 amide bonds. The molecule has 0 aromatic heterocycles. The first-order valence-corrected chi connectivity index (χ1v) is 16.1. The number of amides is 4. The van der Waals surface area contributed by atoms with Crippen molar-refractivity contribution in [2.24, 2.45) is 0 Å². The van der Waals surface area contributed by atoms with Crippen LogP contribution in [0.3, 0.4) is 0 Å². The Hall–Kier alpha value is -6.02. The molecule has 0 unspecified atom stereocenters. The molecule has 0 spiro atoms. The monoisotopic (exact) mass is 632 g/mol. The first kappa shape index (κ1) is 29.4. The molecule has 5 aromatic rings. The Morgan fingerprint density at radius 2 is 1.25 bits per heavy atom. The molecule has 8 nitrogen and oxygen atoms in total. The van der Waals surface area contributed by atoms with Crippen molar-refractivity contribution in [2.45, 2.75) is 25.4 Å². The smallest absolute Gasteiger partial charge is 0.261 e. The third-order valence-electron chi connectivity index (χ3n) is 9.63. The number of aryl methyl sites for hydroxylation is 1. The molecular formula is C40H32N4O4. The minimum atomic E-state index is -0.301. The zero-order valence-electron chi connectivity index (χ0n) is 26.3. The van der Waals surface area contributed by atoms with E-state index < -0.39 is 0 Å². The fourth-order valence-electron chi connectivity index (χ4n) is 7.24. The molecule has 8 rings (SSSR count). The highest BCUT2D eigenvalue weighted by Crippen LogP contribution is 2.42. The predicted molar refractivity (Wildman–Crippen MR) is 186 cm³/mol. The third-order valence-corrected chi connectivity index (χ3v) is 9.63. The van der Waals surface area contributed by atoms with Gasteiger partial charge in [0.25, 0.3) is 23.6 Å². The van der Waals surface area contributed by atoms with Gasteiger partial charge < -0.3 is 15.1 Å². The molecule has 3 aliphatic heterocycles. The zero-order valence-corrected chi connectivity index (χ0v) is 26.3. The van der Waals surface area contributed by atoms with Crippen molar-refractivity contribution in [1.29, 1.82) is 0 Å². The van der Waals surface area contributed by atoms with Gasteiger partial charge in [0.2, 0.25) is 0 Å². The van der Waals surface area contributed by atoms with Crippen LogP contribution in [0.25, 0.3) is 11.1 Å². The van der Waals surface area contributed by atoms with Crippen LogP contribution >= 0.6 is 0 Å². The zero-order chi connectivity index (χ0) is 32.9. The fraction of sp³-hybridized carbons (Fsp3) is 0.150. The van der Waals surface area contributed by atoms with Crippen LogP contribution < -0.4 is 15.1 Å². The highest BCUT2D eigenvalue weighted by molar-refractivity contribution is 6.21. The van der Waals surface area contributed by atoms with E-state index in [1.165, 1.54) is 4.90 Å². The van der Waals surface area contributed by atoms with Crippen molar-refractivity contribution in [3.05, 3.63) is 149 Å². The van der Waals surface area contributed by atoms with E-state index in [0.29, 0.717) is 47.5 Å². The fourth-order valence-corrected chi connectivity index (χ4v) is 7.24. The number of benzene rings is 5. The summed E-state index contributed by atoms with van der Waals surface area (Å²) in [5, 5.41) is 2.99. The highest BCUT2D eigenvalue weighted by atomic mass is 16.2. The number of anilines is 3. The minimum absolute atomic E-state index is 0.0645. The van der Waals surface area contributed by atoms with Crippen molar-refractivity contribution in [2.75, 3.05) is 28.2 Å². The van der Waals surface area contributed by atoms with Gasteiger partial charge in [0, 0.05) is 35.9 Å². The summed E-state index contributed by atoms with van der Waals surface area (Å²) in [4.78, 5) is 59.3. The number of rotatable bonds is 5. The van der Waals surface area contributed by atoms with Gasteiger partial charge in [-0.25, -0.2) is 0 Å². The largest absolute Gasteiger partial charge is 0.363 e. The molecule has 3 heterocycles. The second-order valence-corrected chi connectivity index (χ2v) is 12.6. The Balaban J connectivity index is 0.999. The molecule has 236 valence electrons. The van der Waals surface area contributed by atoms with Crippen molar-refractivity contribution < 1.29 is 19.2 Å². The predicted octanol–water partition coefficient (Wildman–Crippen LogP) is 6.82. The van der Waals surface area contributed by atoms with E-state index in [2.05, 4.69) is 10.2 Å². The van der Waals surface area contributed by atoms with Gasteiger partial charge in [0.05, 0.1) is 28.5 Å². The second kappa shape index (κ2) is 11.7. The van der Waals surface area contributed by atoms with Gasteiger partial charge in [-0.1, -0.05) is 72.3 Å². The number of carbonyl (C=O) groups is 4. The van der Waals surface area contributed by atoms with Gasteiger partial charge in [-0.05, 0) is 79.1 Å². The molecule has 0 radical (unpaired) electrons. The number of nitrogens with one attached hydrogen (secondary N) is 1. The van der Waals surface area contributed by atoms with Gasteiger partial charge in [-0.3, -0.25) is 24.1 Å².